The Morgan fingerprint density at radius 1 is 0.812 bits per heavy atom. The van der Waals surface area contributed by atoms with Crippen LogP contribution < -0.4 is 10.1 Å². The van der Waals surface area contributed by atoms with E-state index in [0.717, 1.165) is 6.07 Å². The van der Waals surface area contributed by atoms with Crippen LogP contribution in [-0.4, -0.2) is 5.91 Å². The number of halogens is 8. The number of anilines is 1. The second kappa shape index (κ2) is 8.96. The molecule has 3 rings (SSSR count). The lowest BCUT2D eigenvalue weighted by Gasteiger charge is -2.15. The van der Waals surface area contributed by atoms with Crippen LogP contribution in [0, 0.1) is 9.39 Å². The highest BCUT2D eigenvalue weighted by Crippen LogP contribution is 2.39. The number of alkyl halides is 6. The Kier molecular flexibility index (Phi) is 6.67. The van der Waals surface area contributed by atoms with Gasteiger partial charge in [-0.15, -0.1) is 0 Å². The first-order chi connectivity index (χ1) is 14.8. The van der Waals surface area contributed by atoms with Gasteiger partial charge in [-0.3, -0.25) is 4.79 Å². The van der Waals surface area contributed by atoms with Gasteiger partial charge in [0.2, 0.25) is 0 Å². The molecule has 0 saturated carbocycles. The number of hydrogen-bond acceptors (Lipinski definition) is 2. The van der Waals surface area contributed by atoms with Crippen molar-refractivity contribution in [2.75, 3.05) is 5.32 Å². The second-order valence-corrected chi connectivity index (χ2v) is 7.58. The number of amides is 1. The lowest BCUT2D eigenvalue weighted by Crippen LogP contribution is -2.15. The average molecular weight is 569 g/mol. The summed E-state index contributed by atoms with van der Waals surface area (Å²) in [4.78, 5) is 12.3. The summed E-state index contributed by atoms with van der Waals surface area (Å²) < 4.78 is 97.2. The Balaban J connectivity index is 1.81. The van der Waals surface area contributed by atoms with E-state index in [1.807, 2.05) is 0 Å². The minimum atomic E-state index is -5.00. The van der Waals surface area contributed by atoms with Crippen LogP contribution in [0.25, 0.3) is 0 Å². The van der Waals surface area contributed by atoms with Crippen LogP contribution in [-0.2, 0) is 12.4 Å². The molecule has 3 aromatic rings. The molecular weight excluding hydrogens is 558 g/mol. The molecule has 0 fully saturated rings. The molecule has 0 aliphatic carbocycles. The number of carbonyl (C=O) groups is 1. The van der Waals surface area contributed by atoms with Crippen LogP contribution >= 0.6 is 22.6 Å². The summed E-state index contributed by atoms with van der Waals surface area (Å²) in [6.07, 6.45) is -10.0. The second-order valence-electron chi connectivity index (χ2n) is 6.42. The first kappa shape index (κ1) is 23.8. The number of nitrogens with one attached hydrogen (secondary N) is 1. The van der Waals surface area contributed by atoms with Crippen molar-refractivity contribution in [3.63, 3.8) is 0 Å². The summed E-state index contributed by atoms with van der Waals surface area (Å²) in [7, 11) is 0. The van der Waals surface area contributed by atoms with Crippen molar-refractivity contribution in [3.8, 4) is 11.5 Å². The van der Waals surface area contributed by atoms with Crippen molar-refractivity contribution in [1.29, 1.82) is 0 Å². The van der Waals surface area contributed by atoms with Gasteiger partial charge >= 0.3 is 12.4 Å². The molecule has 0 unspecified atom stereocenters. The van der Waals surface area contributed by atoms with E-state index in [9.17, 15) is 35.5 Å². The van der Waals surface area contributed by atoms with Gasteiger partial charge in [0.05, 0.1) is 16.7 Å². The van der Waals surface area contributed by atoms with E-state index in [1.165, 1.54) is 30.3 Å². The monoisotopic (exact) mass is 569 g/mol. The van der Waals surface area contributed by atoms with Gasteiger partial charge in [0.25, 0.3) is 5.91 Å². The van der Waals surface area contributed by atoms with E-state index in [4.69, 9.17) is 4.74 Å². The van der Waals surface area contributed by atoms with Crippen LogP contribution in [0.4, 0.5) is 36.4 Å². The van der Waals surface area contributed by atoms with Crippen molar-refractivity contribution < 1.29 is 40.3 Å². The van der Waals surface area contributed by atoms with Gasteiger partial charge in [-0.2, -0.15) is 26.3 Å². The van der Waals surface area contributed by atoms with Crippen molar-refractivity contribution in [3.05, 3.63) is 86.7 Å². The van der Waals surface area contributed by atoms with Gasteiger partial charge in [0.1, 0.15) is 17.3 Å². The molecule has 0 heterocycles. The van der Waals surface area contributed by atoms with Gasteiger partial charge in [0, 0.05) is 9.26 Å². The van der Waals surface area contributed by atoms with Crippen LogP contribution in [0.15, 0.2) is 60.7 Å². The third kappa shape index (κ3) is 5.69. The molecule has 0 atom stereocenters. The lowest BCUT2D eigenvalue weighted by atomic mass is 10.1. The van der Waals surface area contributed by atoms with Crippen molar-refractivity contribution in [2.45, 2.75) is 12.4 Å². The molecule has 0 bridgehead atoms. The van der Waals surface area contributed by atoms with Gasteiger partial charge in [-0.05, 0) is 77.2 Å². The fourth-order valence-electron chi connectivity index (χ4n) is 2.64. The lowest BCUT2D eigenvalue weighted by molar-refractivity contribution is -0.143. The summed E-state index contributed by atoms with van der Waals surface area (Å²) >= 11 is 1.80. The highest BCUT2D eigenvalue weighted by atomic mass is 127. The van der Waals surface area contributed by atoms with Gasteiger partial charge < -0.3 is 10.1 Å². The molecule has 3 nitrogen and oxygen atoms in total. The quantitative estimate of drug-likeness (QED) is 0.261. The van der Waals surface area contributed by atoms with Gasteiger partial charge in [-0.25, -0.2) is 4.39 Å². The van der Waals surface area contributed by atoms with E-state index in [1.54, 1.807) is 28.7 Å². The minimum absolute atomic E-state index is 0.00439. The van der Waals surface area contributed by atoms with Gasteiger partial charge in [0.15, 0.2) is 0 Å². The summed E-state index contributed by atoms with van der Waals surface area (Å²) in [6.45, 7) is 0. The fraction of sp³-hybridized carbons (Fsp3) is 0.0952. The summed E-state index contributed by atoms with van der Waals surface area (Å²) in [5.74, 6) is -2.19. The highest BCUT2D eigenvalue weighted by molar-refractivity contribution is 14.1. The number of ether oxygens (including phenoxy) is 1. The molecule has 11 heteroatoms. The summed E-state index contributed by atoms with van der Waals surface area (Å²) in [6, 6.07) is 10.1. The maximum absolute atomic E-state index is 13.9. The normalized spacial score (nSPS) is 11.9. The summed E-state index contributed by atoms with van der Waals surface area (Å²) in [5.41, 5.74) is -2.98. The molecule has 0 saturated heterocycles. The Bertz CT molecular complexity index is 1090. The highest BCUT2D eigenvalue weighted by Gasteiger charge is 2.37. The first-order valence-corrected chi connectivity index (χ1v) is 9.75. The average Bonchev–Trinajstić information content (AvgIpc) is 2.68. The Hall–Kier alpha value is -2.83. The molecule has 1 amide bonds. The van der Waals surface area contributed by atoms with Crippen molar-refractivity contribution >= 4 is 34.2 Å². The third-order valence-corrected chi connectivity index (χ3v) is 5.00. The molecule has 32 heavy (non-hydrogen) atoms. The number of benzene rings is 3. The number of carbonyl (C=O) groups excluding carboxylic acids is 1. The van der Waals surface area contributed by atoms with Crippen LogP contribution in [0.2, 0.25) is 0 Å². The van der Waals surface area contributed by atoms with Gasteiger partial charge in [-0.1, -0.05) is 6.07 Å². The maximum atomic E-state index is 13.9. The minimum Gasteiger partial charge on any atom is -0.457 e. The molecule has 1 N–H and O–H groups in total. The van der Waals surface area contributed by atoms with E-state index in [0.29, 0.717) is 15.7 Å². The molecule has 0 aromatic heterocycles. The van der Waals surface area contributed by atoms with Crippen LogP contribution in [0.1, 0.15) is 21.5 Å². The smallest absolute Gasteiger partial charge is 0.416 e. The molecule has 0 spiro atoms. The van der Waals surface area contributed by atoms with E-state index in [2.05, 4.69) is 5.32 Å². The topological polar surface area (TPSA) is 38.3 Å². The SMILES string of the molecule is O=C(Nc1ccc(Oc2cc(C(F)(F)F)cc(C(F)(F)F)c2)cc1)c1c(F)cccc1I. The first-order valence-electron chi connectivity index (χ1n) is 8.67. The summed E-state index contributed by atoms with van der Waals surface area (Å²) in [5, 5.41) is 2.45. The maximum Gasteiger partial charge on any atom is 0.416 e. The Morgan fingerprint density at radius 2 is 1.38 bits per heavy atom. The predicted molar refractivity (Wildman–Crippen MR) is 110 cm³/mol. The zero-order valence-corrected chi connectivity index (χ0v) is 17.8. The Labute approximate surface area is 190 Å². The van der Waals surface area contributed by atoms with E-state index >= 15 is 0 Å². The molecular formula is C21H11F7INO2. The van der Waals surface area contributed by atoms with Crippen molar-refractivity contribution in [1.82, 2.24) is 0 Å². The molecule has 0 aliphatic heterocycles. The largest absolute Gasteiger partial charge is 0.457 e. The zero-order chi connectivity index (χ0) is 23.7. The molecule has 0 radical (unpaired) electrons. The standard InChI is InChI=1S/C21H11F7INO2/c22-16-2-1-3-17(29)18(16)19(31)30-13-4-6-14(7-5-13)32-15-9-11(20(23,24)25)8-12(10-15)21(26,27)28/h1-10H,(H,30,31). The molecule has 3 aromatic carbocycles. The number of rotatable bonds is 4. The van der Waals surface area contributed by atoms with Crippen LogP contribution in [0.5, 0.6) is 11.5 Å². The Morgan fingerprint density at radius 3 is 1.88 bits per heavy atom. The van der Waals surface area contributed by atoms with E-state index in [-0.39, 0.29) is 23.1 Å². The fourth-order valence-corrected chi connectivity index (χ4v) is 3.35. The zero-order valence-electron chi connectivity index (χ0n) is 15.6. The van der Waals surface area contributed by atoms with E-state index < -0.39 is 41.0 Å². The van der Waals surface area contributed by atoms with Crippen LogP contribution in [0.3, 0.4) is 0 Å². The number of hydrogen-bond donors (Lipinski definition) is 1. The van der Waals surface area contributed by atoms with Crippen molar-refractivity contribution in [2.24, 2.45) is 0 Å². The molecule has 168 valence electrons. The molecule has 0 aliphatic rings. The predicted octanol–water partition coefficient (Wildman–Crippen LogP) is 7.51. The third-order valence-electron chi connectivity index (χ3n) is 4.10.